The van der Waals surface area contributed by atoms with Crippen LogP contribution in [0.25, 0.3) is 10.9 Å². The van der Waals surface area contributed by atoms with Gasteiger partial charge in [0, 0.05) is 24.1 Å². The lowest BCUT2D eigenvalue weighted by atomic mass is 10.1. The summed E-state index contributed by atoms with van der Waals surface area (Å²) in [5, 5.41) is 11.9. The molecule has 0 saturated carbocycles. The molecule has 7 nitrogen and oxygen atoms in total. The zero-order valence-electron chi connectivity index (χ0n) is 16.3. The van der Waals surface area contributed by atoms with Crippen molar-refractivity contribution in [3.05, 3.63) is 38.7 Å². The van der Waals surface area contributed by atoms with Crippen molar-refractivity contribution in [3.63, 3.8) is 0 Å². The zero-order chi connectivity index (χ0) is 19.8. The summed E-state index contributed by atoms with van der Waals surface area (Å²) in [6.07, 6.45) is 5.80. The van der Waals surface area contributed by atoms with Gasteiger partial charge in [0.2, 0.25) is 5.75 Å². The molecule has 2 aromatic rings. The highest BCUT2D eigenvalue weighted by atomic mass is 16.6. The fourth-order valence-corrected chi connectivity index (χ4v) is 3.06. The Bertz CT molecular complexity index is 844. The molecule has 7 heteroatoms. The van der Waals surface area contributed by atoms with E-state index in [0.29, 0.717) is 29.8 Å². The Kier molecular flexibility index (Phi) is 7.64. The standard InChI is InChI=1S/C20H28N2O5/c1-4-6-8-9-12-21-17-14-15(22(24)25)10-11-16(17)18(27-13-7-5-2)19(26-3)20(21)23/h10-11,14H,4-9,12-13H2,1-3H3. The minimum Gasteiger partial charge on any atom is -0.489 e. The van der Waals surface area contributed by atoms with Crippen LogP contribution in [0.15, 0.2) is 23.0 Å². The normalized spacial score (nSPS) is 10.9. The summed E-state index contributed by atoms with van der Waals surface area (Å²) < 4.78 is 12.8. The molecule has 0 unspecified atom stereocenters. The SMILES string of the molecule is CCCCCCn1c(=O)c(OC)c(OCCCC)c2ccc([N+](=O)[O-])cc21. The van der Waals surface area contributed by atoms with E-state index in [2.05, 4.69) is 13.8 Å². The van der Waals surface area contributed by atoms with E-state index in [0.717, 1.165) is 38.5 Å². The van der Waals surface area contributed by atoms with Crippen LogP contribution in [0.1, 0.15) is 52.4 Å². The third kappa shape index (κ3) is 4.78. The maximum atomic E-state index is 13.0. The minimum atomic E-state index is -0.451. The van der Waals surface area contributed by atoms with Crippen LogP contribution in [0.5, 0.6) is 11.5 Å². The number of benzene rings is 1. The van der Waals surface area contributed by atoms with Crippen LogP contribution < -0.4 is 15.0 Å². The fourth-order valence-electron chi connectivity index (χ4n) is 3.06. The Morgan fingerprint density at radius 1 is 1.07 bits per heavy atom. The molecule has 148 valence electrons. The quantitative estimate of drug-likeness (QED) is 0.323. The minimum absolute atomic E-state index is 0.0473. The van der Waals surface area contributed by atoms with Gasteiger partial charge in [-0.1, -0.05) is 39.5 Å². The third-order valence-corrected chi connectivity index (χ3v) is 4.56. The molecule has 0 saturated heterocycles. The van der Waals surface area contributed by atoms with Crippen molar-refractivity contribution in [3.8, 4) is 11.5 Å². The molecule has 0 aliphatic rings. The number of methoxy groups -OCH3 is 1. The highest BCUT2D eigenvalue weighted by Gasteiger charge is 2.21. The van der Waals surface area contributed by atoms with Gasteiger partial charge in [-0.05, 0) is 18.9 Å². The van der Waals surface area contributed by atoms with Crippen LogP contribution in [0, 0.1) is 10.1 Å². The smallest absolute Gasteiger partial charge is 0.297 e. The van der Waals surface area contributed by atoms with Crippen molar-refractivity contribution >= 4 is 16.6 Å². The largest absolute Gasteiger partial charge is 0.489 e. The molecule has 0 N–H and O–H groups in total. The molecule has 0 fully saturated rings. The number of hydrogen-bond donors (Lipinski definition) is 0. The van der Waals surface area contributed by atoms with Gasteiger partial charge in [0.15, 0.2) is 5.75 Å². The van der Waals surface area contributed by atoms with Gasteiger partial charge in [-0.2, -0.15) is 0 Å². The maximum absolute atomic E-state index is 13.0. The van der Waals surface area contributed by atoms with Crippen LogP contribution in [-0.4, -0.2) is 23.2 Å². The Balaban J connectivity index is 2.61. The number of nitro groups is 1. The molecular weight excluding hydrogens is 348 g/mol. The van der Waals surface area contributed by atoms with E-state index in [-0.39, 0.29) is 17.0 Å². The van der Waals surface area contributed by atoms with Crippen LogP contribution in [0.4, 0.5) is 5.69 Å². The molecule has 0 spiro atoms. The molecule has 2 rings (SSSR count). The second kappa shape index (κ2) is 9.94. The van der Waals surface area contributed by atoms with E-state index < -0.39 is 4.92 Å². The first-order chi connectivity index (χ1) is 13.0. The molecule has 0 aliphatic heterocycles. The van der Waals surface area contributed by atoms with Crippen molar-refractivity contribution < 1.29 is 14.4 Å². The molecule has 0 radical (unpaired) electrons. The Morgan fingerprint density at radius 2 is 1.81 bits per heavy atom. The Hall–Kier alpha value is -2.57. The van der Waals surface area contributed by atoms with Gasteiger partial charge in [-0.25, -0.2) is 0 Å². The number of fused-ring (bicyclic) bond motifs is 1. The predicted octanol–water partition coefficient (Wildman–Crippen LogP) is 4.68. The van der Waals surface area contributed by atoms with E-state index in [4.69, 9.17) is 9.47 Å². The van der Waals surface area contributed by atoms with Gasteiger partial charge in [-0.15, -0.1) is 0 Å². The second-order valence-electron chi connectivity index (χ2n) is 6.54. The highest BCUT2D eigenvalue weighted by molar-refractivity contribution is 5.89. The molecule has 1 aromatic heterocycles. The Labute approximate surface area is 159 Å². The predicted molar refractivity (Wildman–Crippen MR) is 106 cm³/mol. The zero-order valence-corrected chi connectivity index (χ0v) is 16.3. The summed E-state index contributed by atoms with van der Waals surface area (Å²) in [5.74, 6) is 0.522. The first-order valence-corrected chi connectivity index (χ1v) is 9.56. The number of unbranched alkanes of at least 4 members (excludes halogenated alkanes) is 4. The molecule has 0 bridgehead atoms. The summed E-state index contributed by atoms with van der Waals surface area (Å²) >= 11 is 0. The van der Waals surface area contributed by atoms with Gasteiger partial charge in [0.05, 0.1) is 24.2 Å². The average Bonchev–Trinajstić information content (AvgIpc) is 2.66. The molecule has 1 aromatic carbocycles. The second-order valence-corrected chi connectivity index (χ2v) is 6.54. The first-order valence-electron chi connectivity index (χ1n) is 9.56. The molecule has 1 heterocycles. The first kappa shape index (κ1) is 20.7. The van der Waals surface area contributed by atoms with E-state index in [9.17, 15) is 14.9 Å². The summed E-state index contributed by atoms with van der Waals surface area (Å²) in [6.45, 7) is 5.12. The van der Waals surface area contributed by atoms with Gasteiger partial charge in [0.25, 0.3) is 11.2 Å². The van der Waals surface area contributed by atoms with Crippen LogP contribution in [-0.2, 0) is 6.54 Å². The number of nitrogens with zero attached hydrogens (tertiary/aromatic N) is 2. The summed E-state index contributed by atoms with van der Waals surface area (Å²) in [6, 6.07) is 4.52. The molecule has 0 atom stereocenters. The van der Waals surface area contributed by atoms with Crippen molar-refractivity contribution in [2.45, 2.75) is 58.9 Å². The number of non-ortho nitro benzene ring substituents is 1. The van der Waals surface area contributed by atoms with Crippen LogP contribution >= 0.6 is 0 Å². The third-order valence-electron chi connectivity index (χ3n) is 4.56. The lowest BCUT2D eigenvalue weighted by Crippen LogP contribution is -2.23. The molecule has 0 aliphatic carbocycles. The number of aromatic nitrogens is 1. The molecule has 0 amide bonds. The van der Waals surface area contributed by atoms with Gasteiger partial charge in [-0.3, -0.25) is 14.9 Å². The lowest BCUT2D eigenvalue weighted by Gasteiger charge is -2.17. The average molecular weight is 376 g/mol. The highest BCUT2D eigenvalue weighted by Crippen LogP contribution is 2.34. The van der Waals surface area contributed by atoms with Crippen LogP contribution in [0.3, 0.4) is 0 Å². The summed E-state index contributed by atoms with van der Waals surface area (Å²) in [5.41, 5.74) is 0.153. The number of hydrogen-bond acceptors (Lipinski definition) is 5. The topological polar surface area (TPSA) is 83.6 Å². The number of rotatable bonds is 11. The molecular formula is C20H28N2O5. The monoisotopic (exact) mass is 376 g/mol. The maximum Gasteiger partial charge on any atom is 0.297 e. The van der Waals surface area contributed by atoms with E-state index >= 15 is 0 Å². The summed E-state index contributed by atoms with van der Waals surface area (Å²) in [4.78, 5) is 23.8. The molecule has 27 heavy (non-hydrogen) atoms. The van der Waals surface area contributed by atoms with E-state index in [1.807, 2.05) is 0 Å². The Morgan fingerprint density at radius 3 is 2.44 bits per heavy atom. The van der Waals surface area contributed by atoms with Crippen LogP contribution in [0.2, 0.25) is 0 Å². The number of nitro benzene ring substituents is 1. The van der Waals surface area contributed by atoms with Gasteiger partial charge in [0.1, 0.15) is 0 Å². The van der Waals surface area contributed by atoms with Crippen molar-refractivity contribution in [1.29, 1.82) is 0 Å². The van der Waals surface area contributed by atoms with Crippen molar-refractivity contribution in [2.24, 2.45) is 0 Å². The summed E-state index contributed by atoms with van der Waals surface area (Å²) in [7, 11) is 1.45. The van der Waals surface area contributed by atoms with E-state index in [1.54, 1.807) is 10.6 Å². The lowest BCUT2D eigenvalue weighted by molar-refractivity contribution is -0.384. The van der Waals surface area contributed by atoms with Crippen molar-refractivity contribution in [1.82, 2.24) is 4.57 Å². The number of pyridine rings is 1. The number of ether oxygens (including phenoxy) is 2. The van der Waals surface area contributed by atoms with Gasteiger partial charge < -0.3 is 14.0 Å². The van der Waals surface area contributed by atoms with Crippen molar-refractivity contribution in [2.75, 3.05) is 13.7 Å². The van der Waals surface area contributed by atoms with Gasteiger partial charge >= 0.3 is 0 Å². The van der Waals surface area contributed by atoms with E-state index in [1.165, 1.54) is 19.2 Å². The number of aryl methyl sites for hydroxylation is 1. The fraction of sp³-hybridized carbons (Fsp3) is 0.550.